The van der Waals surface area contributed by atoms with E-state index < -0.39 is 0 Å². The van der Waals surface area contributed by atoms with Gasteiger partial charge in [0.2, 0.25) is 0 Å². The molecule has 3 heteroatoms. The third kappa shape index (κ3) is 2.02. The van der Waals surface area contributed by atoms with Crippen LogP contribution in [0, 0.1) is 0 Å². The summed E-state index contributed by atoms with van der Waals surface area (Å²) >= 11 is 0. The lowest BCUT2D eigenvalue weighted by molar-refractivity contribution is -0.00525. The van der Waals surface area contributed by atoms with Crippen molar-refractivity contribution < 1.29 is 4.74 Å². The van der Waals surface area contributed by atoms with Crippen molar-refractivity contribution in [3.05, 3.63) is 29.3 Å². The zero-order valence-corrected chi connectivity index (χ0v) is 11.2. The second kappa shape index (κ2) is 4.56. The monoisotopic (exact) mass is 246 g/mol. The molecule has 2 N–H and O–H groups in total. The molecule has 1 saturated heterocycles. The molecule has 0 aromatic heterocycles. The first kappa shape index (κ1) is 12.0. The molecule has 18 heavy (non-hydrogen) atoms. The Morgan fingerprint density at radius 3 is 2.67 bits per heavy atom. The number of ether oxygens (including phenoxy) is 1. The number of benzene rings is 1. The predicted octanol–water partition coefficient (Wildman–Crippen LogP) is 2.25. The minimum absolute atomic E-state index is 0.232. The van der Waals surface area contributed by atoms with Crippen LogP contribution >= 0.6 is 0 Å². The molecule has 2 aliphatic rings. The fourth-order valence-electron chi connectivity index (χ4n) is 3.34. The summed E-state index contributed by atoms with van der Waals surface area (Å²) in [5.41, 5.74) is 10.3. The Hall–Kier alpha value is -1.06. The molecule has 0 spiro atoms. The van der Waals surface area contributed by atoms with E-state index in [1.807, 2.05) is 0 Å². The van der Waals surface area contributed by atoms with E-state index in [-0.39, 0.29) is 6.04 Å². The van der Waals surface area contributed by atoms with Gasteiger partial charge in [-0.3, -0.25) is 0 Å². The van der Waals surface area contributed by atoms with E-state index in [0.29, 0.717) is 12.2 Å². The number of rotatable bonds is 1. The van der Waals surface area contributed by atoms with E-state index in [1.165, 1.54) is 16.8 Å². The summed E-state index contributed by atoms with van der Waals surface area (Å²) in [6, 6.07) is 6.80. The SMILES string of the molecule is CC1CN(c2cccc3c2CCC3N)CC(C)O1. The van der Waals surface area contributed by atoms with Gasteiger partial charge in [-0.2, -0.15) is 0 Å². The van der Waals surface area contributed by atoms with Crippen LogP contribution in [0.3, 0.4) is 0 Å². The summed E-state index contributed by atoms with van der Waals surface area (Å²) < 4.78 is 5.81. The lowest BCUT2D eigenvalue weighted by Crippen LogP contribution is -2.45. The van der Waals surface area contributed by atoms with Crippen molar-refractivity contribution in [2.24, 2.45) is 5.73 Å². The number of morpholine rings is 1. The molecule has 1 heterocycles. The molecule has 0 radical (unpaired) electrons. The summed E-state index contributed by atoms with van der Waals surface area (Å²) in [7, 11) is 0. The molecule has 0 amide bonds. The molecular weight excluding hydrogens is 224 g/mol. The average Bonchev–Trinajstić information content (AvgIpc) is 2.70. The van der Waals surface area contributed by atoms with E-state index in [9.17, 15) is 0 Å². The van der Waals surface area contributed by atoms with Gasteiger partial charge in [0.05, 0.1) is 12.2 Å². The molecule has 3 nitrogen and oxygen atoms in total. The van der Waals surface area contributed by atoms with Crippen LogP contribution in [0.4, 0.5) is 5.69 Å². The molecular formula is C15H22N2O. The molecule has 3 atom stereocenters. The lowest BCUT2D eigenvalue weighted by Gasteiger charge is -2.37. The summed E-state index contributed by atoms with van der Waals surface area (Å²) in [4.78, 5) is 2.47. The molecule has 1 fully saturated rings. The van der Waals surface area contributed by atoms with Gasteiger partial charge < -0.3 is 15.4 Å². The lowest BCUT2D eigenvalue weighted by atomic mass is 10.0. The van der Waals surface area contributed by atoms with Crippen molar-refractivity contribution in [2.45, 2.75) is 44.9 Å². The normalized spacial score (nSPS) is 31.5. The molecule has 1 aliphatic carbocycles. The zero-order valence-electron chi connectivity index (χ0n) is 11.2. The molecule has 3 unspecified atom stereocenters. The van der Waals surface area contributed by atoms with Gasteiger partial charge in [0.15, 0.2) is 0 Å². The molecule has 0 bridgehead atoms. The highest BCUT2D eigenvalue weighted by Crippen LogP contribution is 2.36. The Bertz CT molecular complexity index is 436. The Labute approximate surface area is 109 Å². The standard InChI is InChI=1S/C15H22N2O/c1-10-8-17(9-11(2)18-10)15-5-3-4-12-13(15)6-7-14(12)16/h3-5,10-11,14H,6-9,16H2,1-2H3. The Kier molecular flexibility index (Phi) is 3.04. The molecule has 0 saturated carbocycles. The van der Waals surface area contributed by atoms with Crippen molar-refractivity contribution in [3.63, 3.8) is 0 Å². The highest BCUT2D eigenvalue weighted by molar-refractivity contribution is 5.59. The van der Waals surface area contributed by atoms with Gasteiger partial charge in [-0.05, 0) is 43.9 Å². The van der Waals surface area contributed by atoms with Gasteiger partial charge in [0, 0.05) is 24.8 Å². The van der Waals surface area contributed by atoms with Crippen molar-refractivity contribution in [2.75, 3.05) is 18.0 Å². The predicted molar refractivity (Wildman–Crippen MR) is 73.9 cm³/mol. The fourth-order valence-corrected chi connectivity index (χ4v) is 3.34. The van der Waals surface area contributed by atoms with E-state index in [4.69, 9.17) is 10.5 Å². The topological polar surface area (TPSA) is 38.5 Å². The minimum atomic E-state index is 0.232. The number of hydrogen-bond donors (Lipinski definition) is 1. The van der Waals surface area contributed by atoms with Gasteiger partial charge in [-0.15, -0.1) is 0 Å². The van der Waals surface area contributed by atoms with Crippen LogP contribution in [0.2, 0.25) is 0 Å². The maximum atomic E-state index is 6.16. The van der Waals surface area contributed by atoms with E-state index in [1.54, 1.807) is 0 Å². The molecule has 1 aromatic rings. The van der Waals surface area contributed by atoms with Crippen LogP contribution in [-0.4, -0.2) is 25.3 Å². The number of hydrogen-bond acceptors (Lipinski definition) is 3. The van der Waals surface area contributed by atoms with Crippen molar-refractivity contribution in [3.8, 4) is 0 Å². The fraction of sp³-hybridized carbons (Fsp3) is 0.600. The summed E-state index contributed by atoms with van der Waals surface area (Å²) in [6.07, 6.45) is 2.81. The van der Waals surface area contributed by atoms with Crippen molar-refractivity contribution in [1.82, 2.24) is 0 Å². The van der Waals surface area contributed by atoms with E-state index in [0.717, 1.165) is 25.9 Å². The second-order valence-corrected chi connectivity index (χ2v) is 5.65. The van der Waals surface area contributed by atoms with E-state index >= 15 is 0 Å². The molecule has 3 rings (SSSR count). The van der Waals surface area contributed by atoms with Crippen LogP contribution in [-0.2, 0) is 11.2 Å². The van der Waals surface area contributed by atoms with Gasteiger partial charge >= 0.3 is 0 Å². The van der Waals surface area contributed by atoms with Crippen LogP contribution in [0.1, 0.15) is 37.4 Å². The zero-order chi connectivity index (χ0) is 12.7. The molecule has 98 valence electrons. The van der Waals surface area contributed by atoms with Crippen molar-refractivity contribution >= 4 is 5.69 Å². The number of nitrogens with two attached hydrogens (primary N) is 1. The van der Waals surface area contributed by atoms with E-state index in [2.05, 4.69) is 36.9 Å². The quantitative estimate of drug-likeness (QED) is 0.826. The molecule has 1 aliphatic heterocycles. The first-order chi connectivity index (χ1) is 8.65. The highest BCUT2D eigenvalue weighted by Gasteiger charge is 2.27. The molecule has 1 aromatic carbocycles. The largest absolute Gasteiger partial charge is 0.372 e. The third-order valence-electron chi connectivity index (χ3n) is 4.05. The summed E-state index contributed by atoms with van der Waals surface area (Å²) in [5.74, 6) is 0. The third-order valence-corrected chi connectivity index (χ3v) is 4.05. The Balaban J connectivity index is 1.93. The van der Waals surface area contributed by atoms with Gasteiger partial charge in [-0.25, -0.2) is 0 Å². The van der Waals surface area contributed by atoms with Crippen LogP contribution in [0.15, 0.2) is 18.2 Å². The number of fused-ring (bicyclic) bond motifs is 1. The van der Waals surface area contributed by atoms with Crippen molar-refractivity contribution in [1.29, 1.82) is 0 Å². The van der Waals surface area contributed by atoms with Gasteiger partial charge in [-0.1, -0.05) is 12.1 Å². The number of anilines is 1. The Morgan fingerprint density at radius 1 is 1.22 bits per heavy atom. The number of nitrogens with zero attached hydrogens (tertiary/aromatic N) is 1. The first-order valence-electron chi connectivity index (χ1n) is 6.93. The van der Waals surface area contributed by atoms with Crippen LogP contribution < -0.4 is 10.6 Å². The minimum Gasteiger partial charge on any atom is -0.372 e. The van der Waals surface area contributed by atoms with Crippen LogP contribution in [0.5, 0.6) is 0 Å². The smallest absolute Gasteiger partial charge is 0.0726 e. The maximum absolute atomic E-state index is 6.16. The van der Waals surface area contributed by atoms with Crippen LogP contribution in [0.25, 0.3) is 0 Å². The second-order valence-electron chi connectivity index (χ2n) is 5.65. The summed E-state index contributed by atoms with van der Waals surface area (Å²) in [5, 5.41) is 0. The average molecular weight is 246 g/mol. The summed E-state index contributed by atoms with van der Waals surface area (Å²) in [6.45, 7) is 6.27. The van der Waals surface area contributed by atoms with Gasteiger partial charge in [0.25, 0.3) is 0 Å². The van der Waals surface area contributed by atoms with Gasteiger partial charge in [0.1, 0.15) is 0 Å². The Morgan fingerprint density at radius 2 is 1.94 bits per heavy atom. The highest BCUT2D eigenvalue weighted by atomic mass is 16.5. The maximum Gasteiger partial charge on any atom is 0.0726 e. The first-order valence-corrected chi connectivity index (χ1v) is 6.93.